The molecule has 0 spiro atoms. The van der Waals surface area contributed by atoms with Crippen molar-refractivity contribution < 1.29 is 14.6 Å². The monoisotopic (exact) mass is 168 g/mol. The number of esters is 1. The molecule has 0 aromatic carbocycles. The van der Waals surface area contributed by atoms with Crippen LogP contribution in [0.25, 0.3) is 0 Å². The predicted molar refractivity (Wildman–Crippen MR) is 45.2 cm³/mol. The summed E-state index contributed by atoms with van der Waals surface area (Å²) >= 11 is 0. The van der Waals surface area contributed by atoms with Crippen molar-refractivity contribution in [3.8, 4) is 11.8 Å². The molecule has 1 atom stereocenters. The van der Waals surface area contributed by atoms with Crippen LogP contribution in [0.4, 0.5) is 0 Å². The van der Waals surface area contributed by atoms with Crippen molar-refractivity contribution in [2.24, 2.45) is 0 Å². The zero-order chi connectivity index (χ0) is 9.40. The molecule has 0 aromatic rings. The van der Waals surface area contributed by atoms with E-state index in [0.29, 0.717) is 0 Å². The first-order chi connectivity index (χ1) is 5.70. The fraction of sp³-hybridized carbons (Fsp3) is 0.444. The van der Waals surface area contributed by atoms with Crippen molar-refractivity contribution in [1.82, 2.24) is 0 Å². The Morgan fingerprint density at radius 2 is 2.42 bits per heavy atom. The van der Waals surface area contributed by atoms with Gasteiger partial charge in [-0.05, 0) is 6.92 Å². The van der Waals surface area contributed by atoms with Gasteiger partial charge in [0.15, 0.2) is 0 Å². The summed E-state index contributed by atoms with van der Waals surface area (Å²) in [6.07, 6.45) is 2.97. The Bertz CT molecular complexity index is 220. The van der Waals surface area contributed by atoms with Crippen molar-refractivity contribution in [2.75, 3.05) is 7.11 Å². The number of carbonyl (C=O) groups is 1. The minimum Gasteiger partial charge on any atom is -0.459 e. The molecule has 0 aliphatic carbocycles. The maximum absolute atomic E-state index is 10.5. The minimum absolute atomic E-state index is 0.249. The number of carbonyl (C=O) groups excluding carboxylic acids is 1. The third-order valence-electron chi connectivity index (χ3n) is 1.10. The zero-order valence-corrected chi connectivity index (χ0v) is 7.20. The number of methoxy groups -OCH3 is 1. The molecule has 0 saturated carbocycles. The molecule has 0 amide bonds. The molecule has 0 fully saturated rings. The Balaban J connectivity index is 3.78. The third-order valence-corrected chi connectivity index (χ3v) is 1.10. The van der Waals surface area contributed by atoms with Crippen LogP contribution in [-0.2, 0) is 9.53 Å². The van der Waals surface area contributed by atoms with E-state index in [4.69, 9.17) is 5.11 Å². The van der Waals surface area contributed by atoms with E-state index in [0.717, 1.165) is 0 Å². The van der Waals surface area contributed by atoms with E-state index in [1.807, 2.05) is 0 Å². The smallest absolute Gasteiger partial charge is 0.384 e. The SMILES string of the molecule is C/C=C/C(O)CC#CC(=O)OC. The molecule has 0 radical (unpaired) electrons. The highest BCUT2D eigenvalue weighted by Crippen LogP contribution is 1.90. The van der Waals surface area contributed by atoms with Gasteiger partial charge in [0.1, 0.15) is 0 Å². The molecule has 0 aromatic heterocycles. The van der Waals surface area contributed by atoms with Crippen LogP contribution in [0.3, 0.4) is 0 Å². The van der Waals surface area contributed by atoms with Gasteiger partial charge in [-0.15, -0.1) is 0 Å². The van der Waals surface area contributed by atoms with Crippen LogP contribution in [0.15, 0.2) is 12.2 Å². The van der Waals surface area contributed by atoms with Crippen molar-refractivity contribution in [2.45, 2.75) is 19.4 Å². The number of aliphatic hydroxyl groups excluding tert-OH is 1. The standard InChI is InChI=1S/C9H12O3/c1-3-5-8(10)6-4-7-9(11)12-2/h3,5,8,10H,6H2,1-2H3/b5-3+. The van der Waals surface area contributed by atoms with E-state index in [-0.39, 0.29) is 6.42 Å². The van der Waals surface area contributed by atoms with Gasteiger partial charge in [-0.2, -0.15) is 0 Å². The average molecular weight is 168 g/mol. The van der Waals surface area contributed by atoms with E-state index >= 15 is 0 Å². The van der Waals surface area contributed by atoms with E-state index in [2.05, 4.69) is 16.6 Å². The second-order valence-electron chi connectivity index (χ2n) is 2.09. The summed E-state index contributed by atoms with van der Waals surface area (Å²) in [5, 5.41) is 9.09. The Kier molecular flexibility index (Phi) is 5.76. The molecule has 12 heavy (non-hydrogen) atoms. The molecule has 0 aliphatic heterocycles. The van der Waals surface area contributed by atoms with E-state index < -0.39 is 12.1 Å². The first-order valence-electron chi connectivity index (χ1n) is 3.58. The molecule has 0 rings (SSSR count). The fourth-order valence-corrected chi connectivity index (χ4v) is 0.569. The lowest BCUT2D eigenvalue weighted by Gasteiger charge is -1.95. The Morgan fingerprint density at radius 1 is 1.75 bits per heavy atom. The summed E-state index contributed by atoms with van der Waals surface area (Å²) < 4.78 is 4.28. The molecule has 66 valence electrons. The lowest BCUT2D eigenvalue weighted by molar-refractivity contribution is -0.133. The van der Waals surface area contributed by atoms with Crippen molar-refractivity contribution in [3.05, 3.63) is 12.2 Å². The van der Waals surface area contributed by atoms with Crippen LogP contribution in [0.2, 0.25) is 0 Å². The van der Waals surface area contributed by atoms with Gasteiger partial charge >= 0.3 is 5.97 Å². The number of aliphatic hydroxyl groups is 1. The Morgan fingerprint density at radius 3 is 2.92 bits per heavy atom. The molecule has 1 N–H and O–H groups in total. The molecule has 3 heteroatoms. The summed E-state index contributed by atoms with van der Waals surface area (Å²) in [5.41, 5.74) is 0. The molecule has 0 saturated heterocycles. The molecule has 0 aliphatic rings. The van der Waals surface area contributed by atoms with Gasteiger partial charge in [-0.1, -0.05) is 18.1 Å². The summed E-state index contributed by atoms with van der Waals surface area (Å²) in [5.74, 6) is 4.13. The van der Waals surface area contributed by atoms with Gasteiger partial charge in [0.05, 0.1) is 13.2 Å². The van der Waals surface area contributed by atoms with Crippen LogP contribution < -0.4 is 0 Å². The summed E-state index contributed by atoms with van der Waals surface area (Å²) in [4.78, 5) is 10.5. The average Bonchev–Trinajstić information content (AvgIpc) is 2.04. The van der Waals surface area contributed by atoms with Gasteiger partial charge in [-0.25, -0.2) is 4.79 Å². The van der Waals surface area contributed by atoms with Crippen LogP contribution in [-0.4, -0.2) is 24.3 Å². The zero-order valence-electron chi connectivity index (χ0n) is 7.20. The van der Waals surface area contributed by atoms with E-state index in [1.165, 1.54) is 7.11 Å². The summed E-state index contributed by atoms with van der Waals surface area (Å²) in [7, 11) is 1.26. The molecule has 3 nitrogen and oxygen atoms in total. The van der Waals surface area contributed by atoms with E-state index in [1.54, 1.807) is 19.1 Å². The normalized spacial score (nSPS) is 11.9. The predicted octanol–water partition coefficient (Wildman–Crippen LogP) is 0.490. The van der Waals surface area contributed by atoms with Gasteiger partial charge in [-0.3, -0.25) is 0 Å². The maximum Gasteiger partial charge on any atom is 0.384 e. The number of rotatable bonds is 2. The summed E-state index contributed by atoms with van der Waals surface area (Å²) in [6, 6.07) is 0. The van der Waals surface area contributed by atoms with Gasteiger partial charge in [0, 0.05) is 12.3 Å². The minimum atomic E-state index is -0.604. The largest absolute Gasteiger partial charge is 0.459 e. The highest BCUT2D eigenvalue weighted by atomic mass is 16.5. The fourth-order valence-electron chi connectivity index (χ4n) is 0.569. The van der Waals surface area contributed by atoms with Crippen LogP contribution in [0.5, 0.6) is 0 Å². The van der Waals surface area contributed by atoms with Crippen molar-refractivity contribution >= 4 is 5.97 Å². The first kappa shape index (κ1) is 10.7. The van der Waals surface area contributed by atoms with Crippen LogP contribution in [0, 0.1) is 11.8 Å². The maximum atomic E-state index is 10.5. The van der Waals surface area contributed by atoms with Crippen molar-refractivity contribution in [3.63, 3.8) is 0 Å². The molecular weight excluding hydrogens is 156 g/mol. The third kappa shape index (κ3) is 5.51. The Hall–Kier alpha value is -1.27. The Labute approximate surface area is 72.0 Å². The van der Waals surface area contributed by atoms with Gasteiger partial charge < -0.3 is 9.84 Å². The van der Waals surface area contributed by atoms with Crippen LogP contribution in [0.1, 0.15) is 13.3 Å². The lowest BCUT2D eigenvalue weighted by Crippen LogP contribution is -2.00. The molecule has 1 unspecified atom stereocenters. The number of hydrogen-bond donors (Lipinski definition) is 1. The lowest BCUT2D eigenvalue weighted by atomic mass is 10.2. The van der Waals surface area contributed by atoms with Crippen molar-refractivity contribution in [1.29, 1.82) is 0 Å². The van der Waals surface area contributed by atoms with E-state index in [9.17, 15) is 4.79 Å². The summed E-state index contributed by atoms with van der Waals surface area (Å²) in [6.45, 7) is 1.80. The number of hydrogen-bond acceptors (Lipinski definition) is 3. The number of ether oxygens (including phenoxy) is 1. The quantitative estimate of drug-likeness (QED) is 0.282. The highest BCUT2D eigenvalue weighted by molar-refractivity contribution is 5.88. The first-order valence-corrected chi connectivity index (χ1v) is 3.58. The van der Waals surface area contributed by atoms with Gasteiger partial charge in [0.25, 0.3) is 0 Å². The molecule has 0 bridgehead atoms. The van der Waals surface area contributed by atoms with Gasteiger partial charge in [0.2, 0.25) is 0 Å². The second kappa shape index (κ2) is 6.44. The second-order valence-corrected chi connectivity index (χ2v) is 2.09. The molecular formula is C9H12O3. The topological polar surface area (TPSA) is 46.5 Å². The number of allylic oxidation sites excluding steroid dienone is 1. The highest BCUT2D eigenvalue weighted by Gasteiger charge is 1.94. The van der Waals surface area contributed by atoms with Crippen LogP contribution >= 0.6 is 0 Å². The molecule has 0 heterocycles.